The van der Waals surface area contributed by atoms with Crippen LogP contribution in [0, 0.1) is 0 Å². The molecule has 16 heavy (non-hydrogen) atoms. The summed E-state index contributed by atoms with van der Waals surface area (Å²) in [4.78, 5) is 0. The lowest BCUT2D eigenvalue weighted by atomic mass is 9.79. The Balaban J connectivity index is 2.43. The smallest absolute Gasteiger partial charge is 0.107 e. The molecule has 0 saturated carbocycles. The number of fused-ring (bicyclic) bond motifs is 1. The van der Waals surface area contributed by atoms with Crippen molar-refractivity contribution in [2.75, 3.05) is 0 Å². The van der Waals surface area contributed by atoms with E-state index in [1.54, 1.807) is 0 Å². The molecule has 1 unspecified atom stereocenters. The number of rotatable bonds is 2. The second-order valence-electron chi connectivity index (χ2n) is 4.96. The zero-order valence-corrected chi connectivity index (χ0v) is 10.2. The van der Waals surface area contributed by atoms with Crippen molar-refractivity contribution in [1.82, 2.24) is 0 Å². The van der Waals surface area contributed by atoms with E-state index in [4.69, 9.17) is 0 Å². The summed E-state index contributed by atoms with van der Waals surface area (Å²) < 4.78 is 0. The summed E-state index contributed by atoms with van der Waals surface area (Å²) in [7, 11) is 2.12. The van der Waals surface area contributed by atoms with Gasteiger partial charge in [0.2, 0.25) is 0 Å². The molecule has 0 heterocycles. The van der Waals surface area contributed by atoms with Crippen LogP contribution in [0.5, 0.6) is 0 Å². The first-order chi connectivity index (χ1) is 7.54. The number of aliphatic hydroxyl groups is 1. The Hall–Kier alpha value is -1.02. The fraction of sp³-hybridized carbons (Fsp3) is 0.429. The Kier molecular flexibility index (Phi) is 2.94. The molecule has 1 aromatic rings. The Labute approximate surface area is 98.6 Å². The molecule has 1 nitrogen and oxygen atoms in total. The third-order valence-electron chi connectivity index (χ3n) is 3.63. The van der Waals surface area contributed by atoms with Gasteiger partial charge in [0.15, 0.2) is 0 Å². The molecule has 1 N–H and O–H groups in total. The number of allylic oxidation sites excluding steroid dienone is 1. The summed E-state index contributed by atoms with van der Waals surface area (Å²) in [5, 5.41) is 10.3. The standard InChI is InChI=1S/C14H19BO/c1-10(9-15)11-5-6-13-12(8-11)4-3-7-14(13,2)16/h5-6,8,16H,1,3-4,7,9,15H2,2H3. The molecule has 0 fully saturated rings. The SMILES string of the molecule is BCC(=C)c1ccc2c(c1)CCCC2(C)O. The average molecular weight is 214 g/mol. The first kappa shape index (κ1) is 11.5. The first-order valence-electron chi connectivity index (χ1n) is 6.08. The fourth-order valence-electron chi connectivity index (χ4n) is 2.51. The predicted octanol–water partition coefficient (Wildman–Crippen LogP) is 2.30. The lowest BCUT2D eigenvalue weighted by molar-refractivity contribution is 0.0387. The maximum Gasteiger partial charge on any atom is 0.107 e. The molecule has 0 amide bonds. The van der Waals surface area contributed by atoms with Crippen LogP contribution >= 0.6 is 0 Å². The highest BCUT2D eigenvalue weighted by Gasteiger charge is 2.29. The average Bonchev–Trinajstić information content (AvgIpc) is 2.27. The molecule has 0 bridgehead atoms. The minimum absolute atomic E-state index is 0.639. The van der Waals surface area contributed by atoms with Gasteiger partial charge in [0.05, 0.1) is 5.60 Å². The van der Waals surface area contributed by atoms with Gasteiger partial charge in [-0.3, -0.25) is 0 Å². The van der Waals surface area contributed by atoms with Gasteiger partial charge in [-0.1, -0.05) is 36.7 Å². The Morgan fingerprint density at radius 3 is 3.00 bits per heavy atom. The predicted molar refractivity (Wildman–Crippen MR) is 71.3 cm³/mol. The molecule has 0 radical (unpaired) electrons. The van der Waals surface area contributed by atoms with E-state index in [0.717, 1.165) is 31.1 Å². The third kappa shape index (κ3) is 1.94. The number of hydrogen-bond donors (Lipinski definition) is 1. The third-order valence-corrected chi connectivity index (χ3v) is 3.63. The molecule has 1 aromatic carbocycles. The van der Waals surface area contributed by atoms with Crippen LogP contribution in [0.4, 0.5) is 0 Å². The zero-order chi connectivity index (χ0) is 11.8. The molecular weight excluding hydrogens is 195 g/mol. The van der Waals surface area contributed by atoms with Gasteiger partial charge in [-0.2, -0.15) is 0 Å². The van der Waals surface area contributed by atoms with Crippen molar-refractivity contribution in [2.45, 2.75) is 38.1 Å². The summed E-state index contributed by atoms with van der Waals surface area (Å²) in [6.07, 6.45) is 4.00. The summed E-state index contributed by atoms with van der Waals surface area (Å²) in [6.45, 7) is 5.98. The van der Waals surface area contributed by atoms with Crippen LogP contribution in [0.2, 0.25) is 6.32 Å². The molecule has 2 heteroatoms. The molecule has 1 aliphatic carbocycles. The summed E-state index contributed by atoms with van der Waals surface area (Å²) >= 11 is 0. The molecule has 0 spiro atoms. The van der Waals surface area contributed by atoms with Crippen molar-refractivity contribution in [1.29, 1.82) is 0 Å². The van der Waals surface area contributed by atoms with E-state index in [0.29, 0.717) is 0 Å². The van der Waals surface area contributed by atoms with E-state index in [-0.39, 0.29) is 0 Å². The molecule has 1 atom stereocenters. The lowest BCUT2D eigenvalue weighted by Crippen LogP contribution is -2.26. The van der Waals surface area contributed by atoms with Crippen LogP contribution in [-0.4, -0.2) is 13.0 Å². The lowest BCUT2D eigenvalue weighted by Gasteiger charge is -2.31. The molecular formula is C14H19BO. The van der Waals surface area contributed by atoms with Gasteiger partial charge in [0, 0.05) is 0 Å². The van der Waals surface area contributed by atoms with Crippen LogP contribution in [0.1, 0.15) is 36.5 Å². The molecule has 0 aliphatic heterocycles. The van der Waals surface area contributed by atoms with Crippen LogP contribution in [-0.2, 0) is 12.0 Å². The van der Waals surface area contributed by atoms with E-state index in [1.807, 2.05) is 6.92 Å². The van der Waals surface area contributed by atoms with Crippen molar-refractivity contribution in [3.63, 3.8) is 0 Å². The number of hydrogen-bond acceptors (Lipinski definition) is 1. The second kappa shape index (κ2) is 4.10. The van der Waals surface area contributed by atoms with E-state index in [1.165, 1.54) is 16.7 Å². The second-order valence-corrected chi connectivity index (χ2v) is 4.96. The molecule has 0 saturated heterocycles. The van der Waals surface area contributed by atoms with Crippen LogP contribution < -0.4 is 0 Å². The Bertz CT molecular complexity index is 421. The number of benzene rings is 1. The zero-order valence-electron chi connectivity index (χ0n) is 10.2. The summed E-state index contributed by atoms with van der Waals surface area (Å²) in [5.74, 6) is 0. The van der Waals surface area contributed by atoms with Gasteiger partial charge >= 0.3 is 0 Å². The first-order valence-corrected chi connectivity index (χ1v) is 6.08. The van der Waals surface area contributed by atoms with E-state index in [9.17, 15) is 5.11 Å². The van der Waals surface area contributed by atoms with Crippen molar-refractivity contribution < 1.29 is 5.11 Å². The molecule has 1 aliphatic rings. The van der Waals surface area contributed by atoms with E-state index >= 15 is 0 Å². The normalized spacial score (nSPS) is 23.9. The van der Waals surface area contributed by atoms with E-state index in [2.05, 4.69) is 32.6 Å². The van der Waals surface area contributed by atoms with Gasteiger partial charge in [-0.25, -0.2) is 0 Å². The van der Waals surface area contributed by atoms with Gasteiger partial charge in [-0.15, -0.1) is 0 Å². The monoisotopic (exact) mass is 214 g/mol. The maximum atomic E-state index is 10.3. The molecule has 2 rings (SSSR count). The topological polar surface area (TPSA) is 20.2 Å². The Morgan fingerprint density at radius 1 is 1.56 bits per heavy atom. The Morgan fingerprint density at radius 2 is 2.31 bits per heavy atom. The minimum Gasteiger partial charge on any atom is -0.385 e. The van der Waals surface area contributed by atoms with Gasteiger partial charge in [0.1, 0.15) is 7.85 Å². The summed E-state index contributed by atoms with van der Waals surface area (Å²) in [5.41, 5.74) is 4.15. The van der Waals surface area contributed by atoms with Crippen LogP contribution in [0.25, 0.3) is 5.57 Å². The highest BCUT2D eigenvalue weighted by molar-refractivity contribution is 6.14. The fourth-order valence-corrected chi connectivity index (χ4v) is 2.51. The molecule has 0 aromatic heterocycles. The van der Waals surface area contributed by atoms with Crippen LogP contribution in [0.15, 0.2) is 24.8 Å². The maximum absolute atomic E-state index is 10.3. The van der Waals surface area contributed by atoms with Crippen molar-refractivity contribution in [2.24, 2.45) is 0 Å². The highest BCUT2D eigenvalue weighted by atomic mass is 16.3. The highest BCUT2D eigenvalue weighted by Crippen LogP contribution is 2.36. The van der Waals surface area contributed by atoms with Crippen molar-refractivity contribution >= 4 is 13.4 Å². The molecule has 84 valence electrons. The van der Waals surface area contributed by atoms with Gasteiger partial charge in [0.25, 0.3) is 0 Å². The largest absolute Gasteiger partial charge is 0.385 e. The quantitative estimate of drug-likeness (QED) is 0.749. The van der Waals surface area contributed by atoms with E-state index < -0.39 is 5.60 Å². The van der Waals surface area contributed by atoms with Crippen LogP contribution in [0.3, 0.4) is 0 Å². The van der Waals surface area contributed by atoms with Crippen molar-refractivity contribution in [3.8, 4) is 0 Å². The summed E-state index contributed by atoms with van der Waals surface area (Å²) in [6, 6.07) is 6.36. The van der Waals surface area contributed by atoms with Crippen molar-refractivity contribution in [3.05, 3.63) is 41.5 Å². The van der Waals surface area contributed by atoms with Gasteiger partial charge in [-0.05, 0) is 42.9 Å². The number of aryl methyl sites for hydroxylation is 1. The minimum atomic E-state index is -0.639. The van der Waals surface area contributed by atoms with Gasteiger partial charge < -0.3 is 5.11 Å².